The zero-order valence-corrected chi connectivity index (χ0v) is 11.5. The number of ether oxygens (including phenoxy) is 1. The highest BCUT2D eigenvalue weighted by Crippen LogP contribution is 2.26. The molecule has 100 valence electrons. The summed E-state index contributed by atoms with van der Waals surface area (Å²) in [4.78, 5) is 2.57. The molecule has 2 aliphatic rings. The van der Waals surface area contributed by atoms with Gasteiger partial charge in [0.15, 0.2) is 0 Å². The maximum Gasteiger partial charge on any atom is 0.0726 e. The first-order chi connectivity index (χ1) is 8.31. The highest BCUT2D eigenvalue weighted by atomic mass is 16.5. The van der Waals surface area contributed by atoms with E-state index >= 15 is 0 Å². The molecular weight excluding hydrogens is 212 g/mol. The smallest absolute Gasteiger partial charge is 0.0726 e. The number of piperidine rings is 1. The van der Waals surface area contributed by atoms with Crippen LogP contribution in [0.1, 0.15) is 38.5 Å². The van der Waals surface area contributed by atoms with Crippen LogP contribution < -0.4 is 5.32 Å². The Morgan fingerprint density at radius 3 is 2.53 bits per heavy atom. The second kappa shape index (κ2) is 6.72. The number of methoxy groups -OCH3 is 1. The van der Waals surface area contributed by atoms with Gasteiger partial charge in [-0.2, -0.15) is 0 Å². The molecule has 0 amide bonds. The Morgan fingerprint density at radius 2 is 1.82 bits per heavy atom. The Hall–Kier alpha value is -0.120. The van der Waals surface area contributed by atoms with E-state index in [2.05, 4.69) is 17.3 Å². The van der Waals surface area contributed by atoms with Gasteiger partial charge in [-0.3, -0.25) is 0 Å². The van der Waals surface area contributed by atoms with Crippen molar-refractivity contribution in [3.8, 4) is 0 Å². The molecule has 0 spiro atoms. The first kappa shape index (κ1) is 13.3. The predicted molar refractivity (Wildman–Crippen MR) is 71.3 cm³/mol. The van der Waals surface area contributed by atoms with Crippen LogP contribution >= 0.6 is 0 Å². The van der Waals surface area contributed by atoms with Gasteiger partial charge in [-0.05, 0) is 51.7 Å². The molecule has 1 saturated carbocycles. The first-order valence-electron chi connectivity index (χ1n) is 7.25. The molecule has 3 nitrogen and oxygen atoms in total. The van der Waals surface area contributed by atoms with Gasteiger partial charge in [-0.15, -0.1) is 0 Å². The maximum atomic E-state index is 5.66. The van der Waals surface area contributed by atoms with Crippen molar-refractivity contribution < 1.29 is 4.74 Å². The fourth-order valence-electron chi connectivity index (χ4n) is 3.46. The van der Waals surface area contributed by atoms with E-state index in [1.807, 2.05) is 7.11 Å². The molecule has 1 saturated heterocycles. The Labute approximate surface area is 106 Å². The minimum atomic E-state index is 0.468. The van der Waals surface area contributed by atoms with Crippen LogP contribution in [0.25, 0.3) is 0 Å². The van der Waals surface area contributed by atoms with Crippen molar-refractivity contribution >= 4 is 0 Å². The van der Waals surface area contributed by atoms with Crippen molar-refractivity contribution in [3.05, 3.63) is 0 Å². The molecule has 0 aromatic heterocycles. The standard InChI is InChI=1S/C14H28N2O/c1-16(11-12-7-9-15-10-8-12)13-5-3-4-6-14(13)17-2/h12-15H,3-11H2,1-2H3. The molecule has 1 heterocycles. The monoisotopic (exact) mass is 240 g/mol. The number of likely N-dealkylation sites (N-methyl/N-ethyl adjacent to an activating group) is 1. The summed E-state index contributed by atoms with van der Waals surface area (Å²) in [5, 5.41) is 3.44. The molecule has 1 aliphatic carbocycles. The molecular formula is C14H28N2O. The predicted octanol–water partition coefficient (Wildman–Crippen LogP) is 1.88. The lowest BCUT2D eigenvalue weighted by Crippen LogP contribution is -2.47. The van der Waals surface area contributed by atoms with Crippen LogP contribution in [0, 0.1) is 5.92 Å². The van der Waals surface area contributed by atoms with Gasteiger partial charge in [-0.25, -0.2) is 0 Å². The normalized spacial score (nSPS) is 31.9. The number of nitrogens with one attached hydrogen (secondary N) is 1. The summed E-state index contributed by atoms with van der Waals surface area (Å²) in [7, 11) is 4.17. The Morgan fingerprint density at radius 1 is 1.12 bits per heavy atom. The van der Waals surface area contributed by atoms with E-state index in [4.69, 9.17) is 4.74 Å². The van der Waals surface area contributed by atoms with Gasteiger partial charge in [0.2, 0.25) is 0 Å². The van der Waals surface area contributed by atoms with Crippen molar-refractivity contribution in [1.82, 2.24) is 10.2 Å². The van der Waals surface area contributed by atoms with E-state index in [-0.39, 0.29) is 0 Å². The topological polar surface area (TPSA) is 24.5 Å². The molecule has 2 atom stereocenters. The van der Waals surface area contributed by atoms with E-state index in [9.17, 15) is 0 Å². The van der Waals surface area contributed by atoms with Crippen LogP contribution in [0.5, 0.6) is 0 Å². The SMILES string of the molecule is COC1CCCCC1N(C)CC1CCNCC1. The third-order valence-corrected chi connectivity index (χ3v) is 4.54. The number of rotatable bonds is 4. The van der Waals surface area contributed by atoms with Crippen LogP contribution in [0.2, 0.25) is 0 Å². The first-order valence-corrected chi connectivity index (χ1v) is 7.25. The third-order valence-electron chi connectivity index (χ3n) is 4.54. The van der Waals surface area contributed by atoms with E-state index < -0.39 is 0 Å². The molecule has 2 rings (SSSR count). The lowest BCUT2D eigenvalue weighted by atomic mass is 9.90. The lowest BCUT2D eigenvalue weighted by Gasteiger charge is -2.39. The van der Waals surface area contributed by atoms with Crippen LogP contribution in [-0.2, 0) is 4.74 Å². The zero-order chi connectivity index (χ0) is 12.1. The Kier molecular flexibility index (Phi) is 5.26. The van der Waals surface area contributed by atoms with Gasteiger partial charge in [-0.1, -0.05) is 12.8 Å². The molecule has 1 aliphatic heterocycles. The second-order valence-electron chi connectivity index (χ2n) is 5.76. The molecule has 3 heteroatoms. The molecule has 0 radical (unpaired) electrons. The minimum absolute atomic E-state index is 0.468. The summed E-state index contributed by atoms with van der Waals surface area (Å²) in [5.74, 6) is 0.890. The lowest BCUT2D eigenvalue weighted by molar-refractivity contribution is -0.00761. The molecule has 0 aromatic carbocycles. The van der Waals surface area contributed by atoms with Crippen molar-refractivity contribution in [2.24, 2.45) is 5.92 Å². The molecule has 1 N–H and O–H groups in total. The van der Waals surface area contributed by atoms with Crippen molar-refractivity contribution in [2.45, 2.75) is 50.7 Å². The molecule has 2 fully saturated rings. The minimum Gasteiger partial charge on any atom is -0.380 e. The van der Waals surface area contributed by atoms with Gasteiger partial charge >= 0.3 is 0 Å². The largest absolute Gasteiger partial charge is 0.380 e. The number of nitrogens with zero attached hydrogens (tertiary/aromatic N) is 1. The zero-order valence-electron chi connectivity index (χ0n) is 11.5. The average molecular weight is 240 g/mol. The second-order valence-corrected chi connectivity index (χ2v) is 5.76. The van der Waals surface area contributed by atoms with E-state index in [1.54, 1.807) is 0 Å². The van der Waals surface area contributed by atoms with E-state index in [0.29, 0.717) is 12.1 Å². The van der Waals surface area contributed by atoms with Crippen molar-refractivity contribution in [3.63, 3.8) is 0 Å². The summed E-state index contributed by atoms with van der Waals surface area (Å²) in [5.41, 5.74) is 0. The summed E-state index contributed by atoms with van der Waals surface area (Å²) >= 11 is 0. The fraction of sp³-hybridized carbons (Fsp3) is 1.00. The van der Waals surface area contributed by atoms with Gasteiger partial charge in [0.05, 0.1) is 6.10 Å². The van der Waals surface area contributed by atoms with Gasteiger partial charge in [0.25, 0.3) is 0 Å². The molecule has 2 unspecified atom stereocenters. The van der Waals surface area contributed by atoms with Crippen LogP contribution in [-0.4, -0.2) is 50.8 Å². The summed E-state index contributed by atoms with van der Waals surface area (Å²) in [6, 6.07) is 0.656. The maximum absolute atomic E-state index is 5.66. The number of hydrogen-bond acceptors (Lipinski definition) is 3. The van der Waals surface area contributed by atoms with Crippen LogP contribution in [0.15, 0.2) is 0 Å². The fourth-order valence-corrected chi connectivity index (χ4v) is 3.46. The van der Waals surface area contributed by atoms with Crippen LogP contribution in [0.4, 0.5) is 0 Å². The Bertz CT molecular complexity index is 216. The van der Waals surface area contributed by atoms with E-state index in [1.165, 1.54) is 58.2 Å². The average Bonchev–Trinajstić information content (AvgIpc) is 2.40. The van der Waals surface area contributed by atoms with Gasteiger partial charge in [0.1, 0.15) is 0 Å². The summed E-state index contributed by atoms with van der Waals surface area (Å²) in [6.07, 6.45) is 8.44. The van der Waals surface area contributed by atoms with E-state index in [0.717, 1.165) is 5.92 Å². The third kappa shape index (κ3) is 3.67. The van der Waals surface area contributed by atoms with Gasteiger partial charge in [0, 0.05) is 19.7 Å². The van der Waals surface area contributed by atoms with Crippen molar-refractivity contribution in [1.29, 1.82) is 0 Å². The molecule has 0 bridgehead atoms. The number of hydrogen-bond donors (Lipinski definition) is 1. The molecule has 17 heavy (non-hydrogen) atoms. The summed E-state index contributed by atoms with van der Waals surface area (Å²) in [6.45, 7) is 3.67. The van der Waals surface area contributed by atoms with Crippen LogP contribution in [0.3, 0.4) is 0 Å². The Balaban J connectivity index is 1.82. The quantitative estimate of drug-likeness (QED) is 0.812. The highest BCUT2D eigenvalue weighted by Gasteiger charge is 2.29. The summed E-state index contributed by atoms with van der Waals surface area (Å²) < 4.78 is 5.66. The highest BCUT2D eigenvalue weighted by molar-refractivity contribution is 4.84. The van der Waals surface area contributed by atoms with Gasteiger partial charge < -0.3 is 15.0 Å². The van der Waals surface area contributed by atoms with Crippen molar-refractivity contribution in [2.75, 3.05) is 33.8 Å². The molecule has 0 aromatic rings.